The van der Waals surface area contributed by atoms with Crippen molar-refractivity contribution in [3.63, 3.8) is 0 Å². The maximum atomic E-state index is 6.30. The van der Waals surface area contributed by atoms with Crippen molar-refractivity contribution >= 4 is 11.4 Å². The van der Waals surface area contributed by atoms with Gasteiger partial charge in [0, 0.05) is 46.8 Å². The summed E-state index contributed by atoms with van der Waals surface area (Å²) in [6.07, 6.45) is 4.48. The zero-order valence-corrected chi connectivity index (χ0v) is 16.4. The first-order valence-electron chi connectivity index (χ1n) is 10.5. The number of aromatic nitrogens is 2. The van der Waals surface area contributed by atoms with Crippen LogP contribution >= 0.6 is 0 Å². The van der Waals surface area contributed by atoms with E-state index in [1.165, 1.54) is 33.6 Å². The summed E-state index contributed by atoms with van der Waals surface area (Å²) in [7, 11) is 0. The Morgan fingerprint density at radius 3 is 1.47 bits per heavy atom. The minimum absolute atomic E-state index is 0.156. The van der Waals surface area contributed by atoms with E-state index in [4.69, 9.17) is 11.5 Å². The molecule has 10 rings (SSSR count). The van der Waals surface area contributed by atoms with E-state index in [0.717, 1.165) is 11.4 Å². The fourth-order valence-electron chi connectivity index (χ4n) is 6.20. The highest BCUT2D eigenvalue weighted by atomic mass is 15.1. The van der Waals surface area contributed by atoms with Gasteiger partial charge in [0.1, 0.15) is 11.8 Å². The van der Waals surface area contributed by atoms with Crippen molar-refractivity contribution in [2.45, 2.75) is 23.9 Å². The lowest BCUT2D eigenvalue weighted by Crippen LogP contribution is -2.62. The summed E-state index contributed by atoms with van der Waals surface area (Å²) in [6.45, 7) is 0. The van der Waals surface area contributed by atoms with Gasteiger partial charge in [-0.1, -0.05) is 24.3 Å². The fraction of sp³-hybridized carbons (Fsp3) is 0.154. The van der Waals surface area contributed by atoms with Gasteiger partial charge in [0.15, 0.2) is 23.8 Å². The van der Waals surface area contributed by atoms with Gasteiger partial charge < -0.3 is 11.5 Å². The molecule has 4 aromatic rings. The van der Waals surface area contributed by atoms with E-state index < -0.39 is 0 Å². The Balaban J connectivity index is 1.68. The van der Waals surface area contributed by atoms with E-state index in [-0.39, 0.29) is 23.9 Å². The summed E-state index contributed by atoms with van der Waals surface area (Å²) >= 11 is 0. The van der Waals surface area contributed by atoms with Crippen LogP contribution < -0.4 is 20.6 Å². The average Bonchev–Trinajstić information content (AvgIpc) is 2.75. The molecule has 0 unspecified atom stereocenters. The monoisotopic (exact) mass is 390 g/mol. The van der Waals surface area contributed by atoms with Gasteiger partial charge in [0.25, 0.3) is 0 Å². The van der Waals surface area contributed by atoms with E-state index in [1.54, 1.807) is 0 Å². The van der Waals surface area contributed by atoms with Gasteiger partial charge in [0.05, 0.1) is 0 Å². The Kier molecular flexibility index (Phi) is 2.95. The molecule has 4 nitrogen and oxygen atoms in total. The highest BCUT2D eigenvalue weighted by molar-refractivity contribution is 5.57. The first-order valence-corrected chi connectivity index (χ1v) is 10.5. The normalized spacial score (nSPS) is 24.3. The molecule has 0 amide bonds. The first kappa shape index (κ1) is 16.2. The molecular formula is C26H22N4+2. The molecule has 6 aliphatic rings. The highest BCUT2D eigenvalue weighted by Crippen LogP contribution is 2.54. The lowest BCUT2D eigenvalue weighted by atomic mass is 9.65. The number of rotatable bonds is 0. The molecule has 0 saturated carbocycles. The Bertz CT molecular complexity index is 1250. The number of nitrogens with two attached hydrogens (primary N) is 2. The lowest BCUT2D eigenvalue weighted by molar-refractivity contribution is -0.769. The largest absolute Gasteiger partial charge is 0.399 e. The number of pyridine rings is 2. The summed E-state index contributed by atoms with van der Waals surface area (Å²) < 4.78 is 4.98. The number of anilines is 2. The minimum atomic E-state index is 0.156. The zero-order valence-electron chi connectivity index (χ0n) is 16.4. The predicted octanol–water partition coefficient (Wildman–Crippen LogP) is 3.21. The summed E-state index contributed by atoms with van der Waals surface area (Å²) in [4.78, 5) is 0. The summed E-state index contributed by atoms with van der Waals surface area (Å²) in [5.41, 5.74) is 22.4. The van der Waals surface area contributed by atoms with Crippen LogP contribution in [0.1, 0.15) is 57.6 Å². The van der Waals surface area contributed by atoms with Crippen molar-refractivity contribution < 1.29 is 9.13 Å². The van der Waals surface area contributed by atoms with E-state index in [0.29, 0.717) is 0 Å². The van der Waals surface area contributed by atoms with Crippen LogP contribution in [0.5, 0.6) is 0 Å². The van der Waals surface area contributed by atoms with Crippen LogP contribution in [0.3, 0.4) is 0 Å². The standard InChI is InChI=1S/C26H22N4/c27-15-7-9-17-19(13-15)23-21-5-1-3-11-29(21)26(17)24-20-14-16(28)8-10-18(20)25(23)30-12-4-2-6-22(24)30/h1-14,23-26H,27-28H2/q+2/t23-,24-,25-,26-/m0/s1. The fourth-order valence-corrected chi connectivity index (χ4v) is 6.20. The van der Waals surface area contributed by atoms with E-state index in [9.17, 15) is 0 Å². The first-order chi connectivity index (χ1) is 14.7. The molecule has 4 atom stereocenters. The van der Waals surface area contributed by atoms with Gasteiger partial charge in [-0.05, 0) is 35.4 Å². The van der Waals surface area contributed by atoms with Gasteiger partial charge >= 0.3 is 0 Å². The Morgan fingerprint density at radius 1 is 0.533 bits per heavy atom. The van der Waals surface area contributed by atoms with Crippen LogP contribution in [0.2, 0.25) is 0 Å². The topological polar surface area (TPSA) is 59.8 Å². The minimum Gasteiger partial charge on any atom is -0.399 e. The maximum Gasteiger partial charge on any atom is 0.200 e. The van der Waals surface area contributed by atoms with Crippen LogP contribution in [-0.4, -0.2) is 0 Å². The lowest BCUT2D eigenvalue weighted by Gasteiger charge is -2.42. The quantitative estimate of drug-likeness (QED) is 0.358. The smallest absolute Gasteiger partial charge is 0.200 e. The molecule has 1 aliphatic carbocycles. The Morgan fingerprint density at radius 2 is 1.00 bits per heavy atom. The van der Waals surface area contributed by atoms with Crippen molar-refractivity contribution in [3.8, 4) is 0 Å². The van der Waals surface area contributed by atoms with Crippen LogP contribution in [0.15, 0.2) is 85.2 Å². The Hall–Kier alpha value is -3.66. The second-order valence-electron chi connectivity index (χ2n) is 8.69. The highest BCUT2D eigenvalue weighted by Gasteiger charge is 2.58. The molecule has 0 saturated heterocycles. The molecule has 144 valence electrons. The predicted molar refractivity (Wildman–Crippen MR) is 115 cm³/mol. The van der Waals surface area contributed by atoms with E-state index >= 15 is 0 Å². The molecule has 30 heavy (non-hydrogen) atoms. The molecule has 4 heteroatoms. The van der Waals surface area contributed by atoms with Gasteiger partial charge in [0.2, 0.25) is 12.1 Å². The van der Waals surface area contributed by atoms with Crippen molar-refractivity contribution in [3.05, 3.63) is 119 Å². The molecule has 4 N–H and O–H groups in total. The van der Waals surface area contributed by atoms with Gasteiger partial charge in [-0.15, -0.1) is 0 Å². The molecule has 0 spiro atoms. The third-order valence-corrected chi connectivity index (χ3v) is 7.24. The average molecular weight is 390 g/mol. The maximum absolute atomic E-state index is 6.30. The number of nitrogen functional groups attached to an aromatic ring is 2. The molecule has 2 aromatic heterocycles. The second kappa shape index (κ2) is 5.48. The van der Waals surface area contributed by atoms with Crippen LogP contribution in [-0.2, 0) is 0 Å². The molecule has 7 heterocycles. The number of hydrogen-bond donors (Lipinski definition) is 2. The van der Waals surface area contributed by atoms with Gasteiger partial charge in [-0.3, -0.25) is 0 Å². The van der Waals surface area contributed by atoms with Gasteiger partial charge in [-0.25, -0.2) is 0 Å². The van der Waals surface area contributed by atoms with Crippen LogP contribution in [0, 0.1) is 0 Å². The molecular weight excluding hydrogens is 368 g/mol. The van der Waals surface area contributed by atoms with Crippen molar-refractivity contribution in [1.82, 2.24) is 0 Å². The molecule has 0 radical (unpaired) electrons. The second-order valence-corrected chi connectivity index (χ2v) is 8.69. The number of benzene rings is 2. The van der Waals surface area contributed by atoms with Crippen molar-refractivity contribution in [2.24, 2.45) is 0 Å². The molecule has 5 aliphatic heterocycles. The van der Waals surface area contributed by atoms with Crippen molar-refractivity contribution in [2.75, 3.05) is 11.5 Å². The number of nitrogens with zero attached hydrogens (tertiary/aromatic N) is 2. The van der Waals surface area contributed by atoms with Gasteiger partial charge in [-0.2, -0.15) is 9.13 Å². The third-order valence-electron chi connectivity index (χ3n) is 7.24. The van der Waals surface area contributed by atoms with Crippen molar-refractivity contribution in [1.29, 1.82) is 0 Å². The summed E-state index contributed by atoms with van der Waals surface area (Å²) in [6, 6.07) is 26.5. The van der Waals surface area contributed by atoms with E-state index in [2.05, 4.69) is 82.2 Å². The number of hydrogen-bond acceptors (Lipinski definition) is 2. The van der Waals surface area contributed by atoms with Crippen LogP contribution in [0.4, 0.5) is 11.4 Å². The summed E-state index contributed by atoms with van der Waals surface area (Å²) in [5.74, 6) is 0.353. The van der Waals surface area contributed by atoms with Crippen LogP contribution in [0.25, 0.3) is 0 Å². The molecule has 0 fully saturated rings. The zero-order chi connectivity index (χ0) is 20.0. The third kappa shape index (κ3) is 1.86. The SMILES string of the molecule is Nc1ccc2c(c1)[C@H]1c3cccc[n+]3[C@@H]2[C@H]2c3cc(N)ccc3[C@@H]1[n+]1ccccc12. The van der Waals surface area contributed by atoms with E-state index in [1.807, 2.05) is 12.1 Å². The molecule has 2 aromatic carbocycles. The molecule has 4 bridgehead atoms. The summed E-state index contributed by atoms with van der Waals surface area (Å²) in [5, 5.41) is 0. The Labute approximate surface area is 175 Å².